The van der Waals surface area contributed by atoms with Crippen LogP contribution in [0.15, 0.2) is 0 Å². The van der Waals surface area contributed by atoms with E-state index in [1.807, 2.05) is 6.92 Å². The minimum absolute atomic E-state index is 0. The van der Waals surface area contributed by atoms with Crippen LogP contribution in [0.1, 0.15) is 51.9 Å². The van der Waals surface area contributed by atoms with Crippen LogP contribution in [0.25, 0.3) is 0 Å². The smallest absolute Gasteiger partial charge is 0.223 e. The Kier molecular flexibility index (Phi) is 7.27. The minimum atomic E-state index is 0. The van der Waals surface area contributed by atoms with Gasteiger partial charge in [-0.15, -0.1) is 12.4 Å². The lowest BCUT2D eigenvalue weighted by Gasteiger charge is -2.42. The number of hydrogen-bond acceptors (Lipinski definition) is 3. The van der Waals surface area contributed by atoms with Crippen molar-refractivity contribution in [3.63, 3.8) is 0 Å². The van der Waals surface area contributed by atoms with E-state index in [0.717, 1.165) is 45.4 Å². The van der Waals surface area contributed by atoms with Crippen molar-refractivity contribution in [3.8, 4) is 0 Å². The predicted molar refractivity (Wildman–Crippen MR) is 83.0 cm³/mol. The fourth-order valence-corrected chi connectivity index (χ4v) is 3.30. The van der Waals surface area contributed by atoms with Crippen LogP contribution >= 0.6 is 12.4 Å². The summed E-state index contributed by atoms with van der Waals surface area (Å²) in [6.45, 7) is 4.45. The Morgan fingerprint density at radius 3 is 2.65 bits per heavy atom. The zero-order chi connectivity index (χ0) is 13.7. The summed E-state index contributed by atoms with van der Waals surface area (Å²) in [6, 6.07) is 0.228. The molecule has 2 aliphatic carbocycles. The van der Waals surface area contributed by atoms with Crippen molar-refractivity contribution in [1.82, 2.24) is 5.32 Å². The second-order valence-electron chi connectivity index (χ2n) is 6.29. The number of nitrogens with two attached hydrogens (primary N) is 1. The van der Waals surface area contributed by atoms with E-state index < -0.39 is 0 Å². The van der Waals surface area contributed by atoms with E-state index in [-0.39, 0.29) is 30.3 Å². The Labute approximate surface area is 128 Å². The molecule has 0 saturated heterocycles. The Bertz CT molecular complexity index is 308. The van der Waals surface area contributed by atoms with Crippen LogP contribution in [0, 0.1) is 11.3 Å². The van der Waals surface area contributed by atoms with E-state index in [1.54, 1.807) is 0 Å². The van der Waals surface area contributed by atoms with Gasteiger partial charge in [0.2, 0.25) is 5.91 Å². The number of carbonyl (C=O) groups excluding carboxylic acids is 1. The monoisotopic (exact) mass is 304 g/mol. The number of halogens is 1. The minimum Gasteiger partial charge on any atom is -0.382 e. The van der Waals surface area contributed by atoms with Crippen LogP contribution in [0.5, 0.6) is 0 Å². The molecule has 2 fully saturated rings. The fraction of sp³-hybridized carbons (Fsp3) is 0.933. The maximum atomic E-state index is 12.1. The molecule has 2 rings (SSSR count). The summed E-state index contributed by atoms with van der Waals surface area (Å²) in [5, 5.41) is 3.16. The first-order valence-corrected chi connectivity index (χ1v) is 7.76. The third kappa shape index (κ3) is 4.61. The summed E-state index contributed by atoms with van der Waals surface area (Å²) < 4.78 is 5.46. The first-order valence-electron chi connectivity index (χ1n) is 7.76. The molecule has 4 nitrogen and oxygen atoms in total. The van der Waals surface area contributed by atoms with Gasteiger partial charge in [0, 0.05) is 31.7 Å². The maximum Gasteiger partial charge on any atom is 0.223 e. The van der Waals surface area contributed by atoms with Gasteiger partial charge in [-0.2, -0.15) is 0 Å². The van der Waals surface area contributed by atoms with Gasteiger partial charge < -0.3 is 15.8 Å². The van der Waals surface area contributed by atoms with Gasteiger partial charge in [-0.1, -0.05) is 6.42 Å². The SMILES string of the molecule is CCOCCC1(CNC(=O)C2CCC(N)C2)CCC1.Cl. The Balaban J connectivity index is 0.00000200. The molecule has 20 heavy (non-hydrogen) atoms. The number of nitrogens with one attached hydrogen (secondary N) is 1. The molecule has 5 heteroatoms. The normalized spacial score (nSPS) is 27.5. The van der Waals surface area contributed by atoms with E-state index in [1.165, 1.54) is 19.3 Å². The predicted octanol–water partition coefficient (Wildman–Crippen LogP) is 2.25. The van der Waals surface area contributed by atoms with E-state index in [4.69, 9.17) is 10.5 Å². The standard InChI is InChI=1S/C15H28N2O2.ClH/c1-2-19-9-8-15(6-3-7-15)11-17-14(18)12-4-5-13(16)10-12;/h12-13H,2-11,16H2,1H3,(H,17,18);1H. The Morgan fingerprint density at radius 2 is 2.15 bits per heavy atom. The third-order valence-electron chi connectivity index (χ3n) is 4.88. The molecule has 0 bridgehead atoms. The average Bonchev–Trinajstić information content (AvgIpc) is 2.78. The number of amides is 1. The number of rotatable bonds is 7. The third-order valence-corrected chi connectivity index (χ3v) is 4.88. The lowest BCUT2D eigenvalue weighted by atomic mass is 9.66. The summed E-state index contributed by atoms with van der Waals surface area (Å²) in [6.07, 6.45) is 7.63. The Morgan fingerprint density at radius 1 is 1.40 bits per heavy atom. The number of hydrogen-bond donors (Lipinski definition) is 2. The quantitative estimate of drug-likeness (QED) is 0.709. The average molecular weight is 305 g/mol. The second-order valence-corrected chi connectivity index (χ2v) is 6.29. The number of carbonyl (C=O) groups is 1. The van der Waals surface area contributed by atoms with E-state index in [2.05, 4.69) is 5.32 Å². The highest BCUT2D eigenvalue weighted by Crippen LogP contribution is 2.43. The molecule has 0 aromatic heterocycles. The summed E-state index contributed by atoms with van der Waals surface area (Å²) in [5.74, 6) is 0.370. The van der Waals surface area contributed by atoms with Crippen LogP contribution in [-0.4, -0.2) is 31.7 Å². The molecule has 0 aromatic carbocycles. The topological polar surface area (TPSA) is 64.3 Å². The molecular formula is C15H29ClN2O2. The maximum absolute atomic E-state index is 12.1. The van der Waals surface area contributed by atoms with Crippen LogP contribution in [-0.2, 0) is 9.53 Å². The van der Waals surface area contributed by atoms with Crippen LogP contribution in [0.3, 0.4) is 0 Å². The van der Waals surface area contributed by atoms with Crippen molar-refractivity contribution >= 4 is 18.3 Å². The summed E-state index contributed by atoms with van der Waals surface area (Å²) in [7, 11) is 0. The van der Waals surface area contributed by atoms with Crippen molar-refractivity contribution in [1.29, 1.82) is 0 Å². The molecule has 118 valence electrons. The highest BCUT2D eigenvalue weighted by Gasteiger charge is 2.37. The molecule has 2 unspecified atom stereocenters. The largest absolute Gasteiger partial charge is 0.382 e. The number of ether oxygens (including phenoxy) is 1. The van der Waals surface area contributed by atoms with Crippen LogP contribution in [0.2, 0.25) is 0 Å². The lowest BCUT2D eigenvalue weighted by molar-refractivity contribution is -0.125. The first kappa shape index (κ1) is 17.7. The van der Waals surface area contributed by atoms with Gasteiger partial charge in [-0.05, 0) is 50.9 Å². The Hall–Kier alpha value is -0.320. The van der Waals surface area contributed by atoms with Gasteiger partial charge in [-0.25, -0.2) is 0 Å². The van der Waals surface area contributed by atoms with Gasteiger partial charge in [0.1, 0.15) is 0 Å². The van der Waals surface area contributed by atoms with E-state index in [9.17, 15) is 4.79 Å². The van der Waals surface area contributed by atoms with Crippen molar-refractivity contribution in [2.45, 2.75) is 57.9 Å². The zero-order valence-corrected chi connectivity index (χ0v) is 13.3. The lowest BCUT2D eigenvalue weighted by Crippen LogP contribution is -2.44. The van der Waals surface area contributed by atoms with Gasteiger partial charge in [0.05, 0.1) is 0 Å². The molecular weight excluding hydrogens is 276 g/mol. The van der Waals surface area contributed by atoms with Gasteiger partial charge in [0.15, 0.2) is 0 Å². The van der Waals surface area contributed by atoms with E-state index >= 15 is 0 Å². The van der Waals surface area contributed by atoms with Gasteiger partial charge >= 0.3 is 0 Å². The summed E-state index contributed by atoms with van der Waals surface area (Å²) in [5.41, 5.74) is 6.18. The molecule has 0 aliphatic heterocycles. The molecule has 0 aromatic rings. The first-order chi connectivity index (χ1) is 9.15. The zero-order valence-electron chi connectivity index (χ0n) is 12.5. The highest BCUT2D eigenvalue weighted by atomic mass is 35.5. The van der Waals surface area contributed by atoms with Gasteiger partial charge in [0.25, 0.3) is 0 Å². The van der Waals surface area contributed by atoms with E-state index in [0.29, 0.717) is 5.41 Å². The van der Waals surface area contributed by atoms with Crippen LogP contribution < -0.4 is 11.1 Å². The van der Waals surface area contributed by atoms with Gasteiger partial charge in [-0.3, -0.25) is 4.79 Å². The summed E-state index contributed by atoms with van der Waals surface area (Å²) >= 11 is 0. The molecule has 2 aliphatic rings. The highest BCUT2D eigenvalue weighted by molar-refractivity contribution is 5.85. The van der Waals surface area contributed by atoms with Crippen molar-refractivity contribution in [3.05, 3.63) is 0 Å². The molecule has 0 heterocycles. The molecule has 2 atom stereocenters. The molecule has 0 radical (unpaired) electrons. The van der Waals surface area contributed by atoms with Crippen molar-refractivity contribution in [2.24, 2.45) is 17.1 Å². The molecule has 0 spiro atoms. The molecule has 1 amide bonds. The molecule has 2 saturated carbocycles. The fourth-order valence-electron chi connectivity index (χ4n) is 3.30. The van der Waals surface area contributed by atoms with Crippen molar-refractivity contribution in [2.75, 3.05) is 19.8 Å². The van der Waals surface area contributed by atoms with Crippen LogP contribution in [0.4, 0.5) is 0 Å². The second kappa shape index (κ2) is 8.20. The molecule has 3 N–H and O–H groups in total. The van der Waals surface area contributed by atoms with Crippen molar-refractivity contribution < 1.29 is 9.53 Å². The summed E-state index contributed by atoms with van der Waals surface area (Å²) in [4.78, 5) is 12.1.